The number of halogens is 1. The maximum atomic E-state index is 12.2. The molecule has 0 saturated carbocycles. The first kappa shape index (κ1) is 15.4. The topological polar surface area (TPSA) is 72.0 Å². The van der Waals surface area contributed by atoms with Crippen LogP contribution in [-0.4, -0.2) is 18.6 Å². The highest BCUT2D eigenvalue weighted by molar-refractivity contribution is 9.10. The summed E-state index contributed by atoms with van der Waals surface area (Å²) in [5.74, 6) is 0.457. The summed E-state index contributed by atoms with van der Waals surface area (Å²) in [6.45, 7) is 4.15. The smallest absolute Gasteiger partial charge is 0.253 e. The second-order valence-electron chi connectivity index (χ2n) is 4.66. The SMILES string of the molecule is CC(C)Cc1nnc(NS(=O)(=O)c2ccc(Br)cc2)s1. The molecule has 0 aliphatic carbocycles. The van der Waals surface area contributed by atoms with Crippen LogP contribution < -0.4 is 4.72 Å². The van der Waals surface area contributed by atoms with E-state index in [0.29, 0.717) is 11.0 Å². The first-order valence-electron chi connectivity index (χ1n) is 5.97. The number of hydrogen-bond donors (Lipinski definition) is 1. The second kappa shape index (κ2) is 6.19. The molecular weight excluding hydrogens is 362 g/mol. The van der Waals surface area contributed by atoms with Crippen LogP contribution in [-0.2, 0) is 16.4 Å². The Labute approximate surface area is 130 Å². The molecule has 1 heterocycles. The van der Waals surface area contributed by atoms with Gasteiger partial charge in [-0.25, -0.2) is 8.42 Å². The molecule has 5 nitrogen and oxygen atoms in total. The van der Waals surface area contributed by atoms with Crippen LogP contribution in [0.25, 0.3) is 0 Å². The van der Waals surface area contributed by atoms with E-state index >= 15 is 0 Å². The number of rotatable bonds is 5. The van der Waals surface area contributed by atoms with E-state index in [4.69, 9.17) is 0 Å². The fraction of sp³-hybridized carbons (Fsp3) is 0.333. The number of aromatic nitrogens is 2. The minimum absolute atomic E-state index is 0.196. The van der Waals surface area contributed by atoms with Crippen molar-refractivity contribution in [3.8, 4) is 0 Å². The van der Waals surface area contributed by atoms with Gasteiger partial charge in [0.25, 0.3) is 10.0 Å². The molecule has 0 fully saturated rings. The van der Waals surface area contributed by atoms with Crippen molar-refractivity contribution in [1.29, 1.82) is 0 Å². The molecule has 0 amide bonds. The largest absolute Gasteiger partial charge is 0.263 e. The van der Waals surface area contributed by atoms with Crippen molar-refractivity contribution >= 4 is 42.4 Å². The van der Waals surface area contributed by atoms with Crippen LogP contribution in [0, 0.1) is 5.92 Å². The van der Waals surface area contributed by atoms with Gasteiger partial charge in [0.1, 0.15) is 5.01 Å². The summed E-state index contributed by atoms with van der Waals surface area (Å²) in [4.78, 5) is 0.196. The van der Waals surface area contributed by atoms with Crippen LogP contribution in [0.5, 0.6) is 0 Å². The van der Waals surface area contributed by atoms with Crippen molar-refractivity contribution in [3.63, 3.8) is 0 Å². The molecule has 0 spiro atoms. The normalized spacial score (nSPS) is 11.8. The molecule has 0 saturated heterocycles. The Balaban J connectivity index is 2.16. The number of hydrogen-bond acceptors (Lipinski definition) is 5. The van der Waals surface area contributed by atoms with Crippen molar-refractivity contribution in [1.82, 2.24) is 10.2 Å². The first-order valence-corrected chi connectivity index (χ1v) is 9.07. The molecule has 0 atom stereocenters. The van der Waals surface area contributed by atoms with Crippen LogP contribution in [0.2, 0.25) is 0 Å². The summed E-state index contributed by atoms with van der Waals surface area (Å²) in [7, 11) is -3.61. The van der Waals surface area contributed by atoms with Gasteiger partial charge < -0.3 is 0 Å². The molecule has 108 valence electrons. The molecule has 1 aromatic carbocycles. The third-order valence-corrected chi connectivity index (χ3v) is 5.27. The Hall–Kier alpha value is -0.990. The summed E-state index contributed by atoms with van der Waals surface area (Å²) in [5.41, 5.74) is 0. The number of anilines is 1. The molecule has 2 rings (SSSR count). The van der Waals surface area contributed by atoms with Gasteiger partial charge in [-0.3, -0.25) is 4.72 Å². The number of nitrogens with zero attached hydrogens (tertiary/aromatic N) is 2. The highest BCUT2D eigenvalue weighted by atomic mass is 79.9. The Bertz CT molecular complexity index is 681. The van der Waals surface area contributed by atoms with E-state index in [1.54, 1.807) is 12.1 Å². The van der Waals surface area contributed by atoms with Gasteiger partial charge in [0.05, 0.1) is 4.90 Å². The van der Waals surface area contributed by atoms with E-state index in [1.807, 2.05) is 0 Å². The van der Waals surface area contributed by atoms with Gasteiger partial charge in [-0.2, -0.15) is 0 Å². The summed E-state index contributed by atoms with van der Waals surface area (Å²) in [6, 6.07) is 6.42. The van der Waals surface area contributed by atoms with E-state index < -0.39 is 10.0 Å². The van der Waals surface area contributed by atoms with Gasteiger partial charge >= 0.3 is 0 Å². The van der Waals surface area contributed by atoms with Gasteiger partial charge in [-0.05, 0) is 30.2 Å². The third kappa shape index (κ3) is 4.00. The van der Waals surface area contributed by atoms with Crippen LogP contribution in [0.1, 0.15) is 18.9 Å². The monoisotopic (exact) mass is 375 g/mol. The third-order valence-electron chi connectivity index (χ3n) is 2.40. The lowest BCUT2D eigenvalue weighted by atomic mass is 10.1. The van der Waals surface area contributed by atoms with Crippen LogP contribution in [0.3, 0.4) is 0 Å². The van der Waals surface area contributed by atoms with Crippen molar-refractivity contribution < 1.29 is 8.42 Å². The van der Waals surface area contributed by atoms with Crippen molar-refractivity contribution in [2.24, 2.45) is 5.92 Å². The molecule has 0 aliphatic heterocycles. The first-order chi connectivity index (χ1) is 9.37. The number of benzene rings is 1. The van der Waals surface area contributed by atoms with Crippen LogP contribution in [0.4, 0.5) is 5.13 Å². The quantitative estimate of drug-likeness (QED) is 0.869. The maximum Gasteiger partial charge on any atom is 0.263 e. The molecule has 8 heteroatoms. The zero-order valence-electron chi connectivity index (χ0n) is 11.0. The zero-order valence-corrected chi connectivity index (χ0v) is 14.2. The van der Waals surface area contributed by atoms with Crippen molar-refractivity contribution in [2.45, 2.75) is 25.2 Å². The fourth-order valence-corrected chi connectivity index (χ4v) is 3.96. The van der Waals surface area contributed by atoms with Gasteiger partial charge in [0.15, 0.2) is 0 Å². The molecule has 0 radical (unpaired) electrons. The summed E-state index contributed by atoms with van der Waals surface area (Å²) in [6.07, 6.45) is 0.789. The highest BCUT2D eigenvalue weighted by Crippen LogP contribution is 2.22. The second-order valence-corrected chi connectivity index (χ2v) is 8.32. The fourth-order valence-electron chi connectivity index (χ4n) is 1.51. The van der Waals surface area contributed by atoms with Gasteiger partial charge in [0.2, 0.25) is 5.13 Å². The zero-order chi connectivity index (χ0) is 14.8. The lowest BCUT2D eigenvalue weighted by Gasteiger charge is -2.04. The van der Waals surface area contributed by atoms with E-state index in [2.05, 4.69) is 44.7 Å². The minimum atomic E-state index is -3.61. The molecule has 0 aliphatic rings. The van der Waals surface area contributed by atoms with Crippen LogP contribution in [0.15, 0.2) is 33.6 Å². The Morgan fingerprint density at radius 3 is 2.50 bits per heavy atom. The van der Waals surface area contributed by atoms with E-state index in [9.17, 15) is 8.42 Å². The molecule has 1 N–H and O–H groups in total. The Kier molecular flexibility index (Phi) is 4.77. The van der Waals surface area contributed by atoms with Crippen molar-refractivity contribution in [3.05, 3.63) is 33.7 Å². The van der Waals surface area contributed by atoms with Crippen LogP contribution >= 0.6 is 27.3 Å². The Morgan fingerprint density at radius 2 is 1.90 bits per heavy atom. The highest BCUT2D eigenvalue weighted by Gasteiger charge is 2.16. The Morgan fingerprint density at radius 1 is 1.25 bits per heavy atom. The minimum Gasteiger partial charge on any atom is -0.253 e. The maximum absolute atomic E-state index is 12.2. The molecule has 0 bridgehead atoms. The average molecular weight is 376 g/mol. The van der Waals surface area contributed by atoms with Crippen molar-refractivity contribution in [2.75, 3.05) is 4.72 Å². The molecule has 1 aromatic heterocycles. The van der Waals surface area contributed by atoms with E-state index in [-0.39, 0.29) is 4.90 Å². The summed E-state index contributed by atoms with van der Waals surface area (Å²) >= 11 is 4.53. The van der Waals surface area contributed by atoms with E-state index in [0.717, 1.165) is 15.9 Å². The van der Waals surface area contributed by atoms with E-state index in [1.165, 1.54) is 23.5 Å². The molecular formula is C12H14BrN3O2S2. The average Bonchev–Trinajstić information content (AvgIpc) is 2.75. The number of sulfonamides is 1. The summed E-state index contributed by atoms with van der Waals surface area (Å²) < 4.78 is 27.6. The lowest BCUT2D eigenvalue weighted by molar-refractivity contribution is 0.601. The molecule has 20 heavy (non-hydrogen) atoms. The van der Waals surface area contributed by atoms with Gasteiger partial charge in [0, 0.05) is 10.9 Å². The molecule has 0 unspecified atom stereocenters. The standard InChI is InChI=1S/C12H14BrN3O2S2/c1-8(2)7-11-14-15-12(19-11)16-20(17,18)10-5-3-9(13)4-6-10/h3-6,8H,7H2,1-2H3,(H,15,16). The predicted octanol–water partition coefficient (Wildman–Crippen LogP) is 3.30. The summed E-state index contributed by atoms with van der Waals surface area (Å²) in [5, 5.41) is 8.97. The predicted molar refractivity (Wildman–Crippen MR) is 83.4 cm³/mol. The number of nitrogens with one attached hydrogen (secondary N) is 1. The molecule has 2 aromatic rings. The van der Waals surface area contributed by atoms with Gasteiger partial charge in [-0.1, -0.05) is 41.1 Å². The lowest BCUT2D eigenvalue weighted by Crippen LogP contribution is -2.12. The van der Waals surface area contributed by atoms with Gasteiger partial charge in [-0.15, -0.1) is 10.2 Å².